The predicted octanol–water partition coefficient (Wildman–Crippen LogP) is 5.27. The summed E-state index contributed by atoms with van der Waals surface area (Å²) in [6.45, 7) is 8.81. The van der Waals surface area contributed by atoms with Gasteiger partial charge in [-0.2, -0.15) is 0 Å². The van der Waals surface area contributed by atoms with Crippen LogP contribution >= 0.6 is 11.8 Å². The molecule has 2 atom stereocenters. The number of nitrogens with one attached hydrogen (secondary N) is 1. The molecule has 1 fully saturated rings. The molecule has 1 aromatic heterocycles. The highest BCUT2D eigenvalue weighted by Crippen LogP contribution is 2.35. The molecule has 2 aromatic carbocycles. The van der Waals surface area contributed by atoms with Crippen LogP contribution in [0.25, 0.3) is 0 Å². The standard InChI is InChI=1S/C14H10F2S.C12H15N3O3.C2H4/c15-12-6-5-9-7-10-3-1-2-4-13(10)17-8-11(9)14(12)16;1-7-2-4-14-9(6-7)13-15-5-3-8(16)11(17)10(15)12(14)18;1-2/h1-6H,7-8H2;3,5,7,9,13,17H,2,4,6H2,1H3;1-2H2/t;7-,9+;/m.1./s1. The van der Waals surface area contributed by atoms with Gasteiger partial charge in [-0.1, -0.05) is 31.2 Å². The first-order chi connectivity index (χ1) is 17.8. The molecular weight excluding hydrogens is 496 g/mol. The number of aromatic nitrogens is 1. The summed E-state index contributed by atoms with van der Waals surface area (Å²) >= 11 is 1.57. The summed E-state index contributed by atoms with van der Waals surface area (Å²) in [7, 11) is 0. The molecule has 3 aliphatic rings. The Morgan fingerprint density at radius 2 is 1.84 bits per heavy atom. The van der Waals surface area contributed by atoms with Crippen molar-refractivity contribution in [3.05, 3.63) is 106 Å². The van der Waals surface area contributed by atoms with E-state index in [0.717, 1.165) is 23.3 Å². The van der Waals surface area contributed by atoms with Crippen molar-refractivity contribution >= 4 is 17.7 Å². The second-order valence-corrected chi connectivity index (χ2v) is 10.1. The van der Waals surface area contributed by atoms with Crippen LogP contribution in [-0.4, -0.2) is 33.3 Å². The van der Waals surface area contributed by atoms with Crippen LogP contribution in [0.3, 0.4) is 0 Å². The van der Waals surface area contributed by atoms with Crippen LogP contribution in [0.5, 0.6) is 5.75 Å². The molecule has 0 aliphatic carbocycles. The van der Waals surface area contributed by atoms with E-state index in [4.69, 9.17) is 0 Å². The van der Waals surface area contributed by atoms with Gasteiger partial charge in [0.2, 0.25) is 5.43 Å². The van der Waals surface area contributed by atoms with Crippen molar-refractivity contribution in [3.63, 3.8) is 0 Å². The van der Waals surface area contributed by atoms with Gasteiger partial charge < -0.3 is 15.4 Å². The van der Waals surface area contributed by atoms with Gasteiger partial charge in [0.1, 0.15) is 6.17 Å². The van der Waals surface area contributed by atoms with E-state index >= 15 is 0 Å². The van der Waals surface area contributed by atoms with E-state index in [9.17, 15) is 23.5 Å². The predicted molar refractivity (Wildman–Crippen MR) is 141 cm³/mol. The minimum Gasteiger partial charge on any atom is -0.502 e. The Labute approximate surface area is 218 Å². The van der Waals surface area contributed by atoms with Gasteiger partial charge in [-0.3, -0.25) is 14.3 Å². The Morgan fingerprint density at radius 1 is 1.08 bits per heavy atom. The summed E-state index contributed by atoms with van der Waals surface area (Å²) < 4.78 is 28.3. The number of amides is 1. The Morgan fingerprint density at radius 3 is 2.62 bits per heavy atom. The largest absolute Gasteiger partial charge is 0.502 e. The number of pyridine rings is 1. The highest BCUT2D eigenvalue weighted by molar-refractivity contribution is 7.98. The van der Waals surface area contributed by atoms with Gasteiger partial charge in [-0.05, 0) is 48.4 Å². The average Bonchev–Trinajstić information content (AvgIpc) is 3.10. The molecule has 37 heavy (non-hydrogen) atoms. The minimum atomic E-state index is -0.754. The molecule has 4 heterocycles. The molecule has 0 spiro atoms. The number of hydrogen-bond donors (Lipinski definition) is 2. The smallest absolute Gasteiger partial charge is 0.278 e. The molecule has 9 heteroatoms. The number of carbonyl (C=O) groups excluding carboxylic acids is 1. The van der Waals surface area contributed by atoms with Crippen LogP contribution in [0.2, 0.25) is 0 Å². The van der Waals surface area contributed by atoms with Crippen LogP contribution in [0.4, 0.5) is 8.78 Å². The van der Waals surface area contributed by atoms with Crippen molar-refractivity contribution in [1.82, 2.24) is 9.58 Å². The van der Waals surface area contributed by atoms with Gasteiger partial charge in [0.05, 0.1) is 0 Å². The molecule has 0 unspecified atom stereocenters. The van der Waals surface area contributed by atoms with Crippen molar-refractivity contribution in [1.29, 1.82) is 0 Å². The molecule has 2 N–H and O–H groups in total. The Bertz CT molecular complexity index is 1380. The lowest BCUT2D eigenvalue weighted by Crippen LogP contribution is -2.57. The SMILES string of the molecule is C=C.C[C@@H]1CCN2C(=O)c3c(O)c(=O)ccn3N[C@@H]2C1.Fc1ccc2c(c1F)CSc1ccccc1C2. The average molecular weight is 526 g/mol. The van der Waals surface area contributed by atoms with Gasteiger partial charge in [-0.15, -0.1) is 24.9 Å². The Balaban J connectivity index is 0.000000162. The van der Waals surface area contributed by atoms with E-state index < -0.39 is 22.8 Å². The van der Waals surface area contributed by atoms with Crippen molar-refractivity contribution in [2.45, 2.75) is 43.0 Å². The fourth-order valence-electron chi connectivity index (χ4n) is 4.74. The quantitative estimate of drug-likeness (QED) is 0.391. The lowest BCUT2D eigenvalue weighted by molar-refractivity contribution is 0.0517. The summed E-state index contributed by atoms with van der Waals surface area (Å²) in [6.07, 6.45) is 3.93. The summed E-state index contributed by atoms with van der Waals surface area (Å²) in [5.41, 5.74) is 5.24. The maximum absolute atomic E-state index is 13.7. The van der Waals surface area contributed by atoms with Gasteiger partial charge in [-0.25, -0.2) is 8.78 Å². The zero-order valence-corrected chi connectivity index (χ0v) is 21.4. The number of halogens is 2. The van der Waals surface area contributed by atoms with Gasteiger partial charge in [0.15, 0.2) is 23.1 Å². The lowest BCUT2D eigenvalue weighted by Gasteiger charge is -2.43. The number of fused-ring (bicyclic) bond motifs is 4. The number of benzene rings is 2. The maximum Gasteiger partial charge on any atom is 0.278 e. The first-order valence-electron chi connectivity index (χ1n) is 12.0. The fourth-order valence-corrected chi connectivity index (χ4v) is 5.85. The molecule has 6 nitrogen and oxygen atoms in total. The second-order valence-electron chi connectivity index (χ2n) is 9.09. The van der Waals surface area contributed by atoms with Crippen LogP contribution in [0, 0.1) is 17.6 Å². The highest BCUT2D eigenvalue weighted by atomic mass is 32.2. The third-order valence-electron chi connectivity index (χ3n) is 6.71. The zero-order chi connectivity index (χ0) is 26.7. The second kappa shape index (κ2) is 11.2. The highest BCUT2D eigenvalue weighted by Gasteiger charge is 2.37. The fraction of sp³-hybridized carbons (Fsp3) is 0.286. The zero-order valence-electron chi connectivity index (χ0n) is 20.5. The van der Waals surface area contributed by atoms with Crippen molar-refractivity contribution < 1.29 is 18.7 Å². The number of carbonyl (C=O) groups is 1. The monoisotopic (exact) mass is 525 g/mol. The molecule has 3 aromatic rings. The maximum atomic E-state index is 13.7. The number of rotatable bonds is 0. The Hall–Kier alpha value is -3.59. The normalized spacial score (nSPS) is 19.2. The molecule has 0 bridgehead atoms. The lowest BCUT2D eigenvalue weighted by atomic mass is 9.95. The van der Waals surface area contributed by atoms with E-state index in [-0.39, 0.29) is 17.8 Å². The van der Waals surface area contributed by atoms with Crippen molar-refractivity contribution in [2.75, 3.05) is 12.0 Å². The van der Waals surface area contributed by atoms with Crippen molar-refractivity contribution in [3.8, 4) is 5.75 Å². The van der Waals surface area contributed by atoms with Crippen molar-refractivity contribution in [2.24, 2.45) is 5.92 Å². The molecule has 3 aliphatic heterocycles. The minimum absolute atomic E-state index is 0.0355. The van der Waals surface area contributed by atoms with Gasteiger partial charge >= 0.3 is 0 Å². The Kier molecular flexibility index (Phi) is 8.02. The van der Waals surface area contributed by atoms with Crippen LogP contribution < -0.4 is 10.9 Å². The van der Waals surface area contributed by atoms with Crippen LogP contribution in [0.1, 0.15) is 46.9 Å². The number of nitrogens with zero attached hydrogens (tertiary/aromatic N) is 2. The van der Waals surface area contributed by atoms with E-state index in [1.54, 1.807) is 22.7 Å². The summed E-state index contributed by atoms with van der Waals surface area (Å²) in [5.74, 6) is -1.15. The van der Waals surface area contributed by atoms with E-state index in [1.807, 2.05) is 24.3 Å². The van der Waals surface area contributed by atoms with E-state index in [2.05, 4.69) is 25.5 Å². The summed E-state index contributed by atoms with van der Waals surface area (Å²) in [6, 6.07) is 12.2. The first-order valence-corrected chi connectivity index (χ1v) is 13.0. The molecular formula is C28H29F2N3O3S. The first kappa shape index (κ1) is 26.5. The number of piperidine rings is 1. The number of aromatic hydroxyl groups is 1. The van der Waals surface area contributed by atoms with E-state index in [0.29, 0.717) is 30.2 Å². The molecule has 0 saturated carbocycles. The van der Waals surface area contributed by atoms with Crippen LogP contribution in [0.15, 0.2) is 71.5 Å². The molecule has 0 radical (unpaired) electrons. The van der Waals surface area contributed by atoms with Crippen LogP contribution in [-0.2, 0) is 12.2 Å². The topological polar surface area (TPSA) is 74.6 Å². The van der Waals surface area contributed by atoms with Gasteiger partial charge in [0.25, 0.3) is 5.91 Å². The molecule has 1 amide bonds. The van der Waals surface area contributed by atoms with Gasteiger partial charge in [0, 0.05) is 35.0 Å². The number of thioether (sulfide) groups is 1. The van der Waals surface area contributed by atoms with E-state index in [1.165, 1.54) is 28.6 Å². The summed E-state index contributed by atoms with van der Waals surface area (Å²) in [4.78, 5) is 26.5. The third kappa shape index (κ3) is 5.27. The third-order valence-corrected chi connectivity index (χ3v) is 7.85. The summed E-state index contributed by atoms with van der Waals surface area (Å²) in [5, 5.41) is 9.74. The number of hydrogen-bond acceptors (Lipinski definition) is 5. The molecule has 194 valence electrons. The molecule has 6 rings (SSSR count). The molecule has 1 saturated heterocycles.